The Labute approximate surface area is 123 Å². The van der Waals surface area contributed by atoms with Crippen molar-refractivity contribution < 1.29 is 8.42 Å². The van der Waals surface area contributed by atoms with Gasteiger partial charge in [0.15, 0.2) is 9.84 Å². The van der Waals surface area contributed by atoms with Gasteiger partial charge in [0.1, 0.15) is 17.2 Å². The fourth-order valence-corrected chi connectivity index (χ4v) is 3.17. The number of aromatic nitrogens is 2. The average molecular weight is 360 g/mol. The van der Waals surface area contributed by atoms with Crippen LogP contribution in [-0.2, 0) is 9.84 Å². The molecule has 1 aromatic carbocycles. The van der Waals surface area contributed by atoms with Crippen LogP contribution >= 0.6 is 27.7 Å². The van der Waals surface area contributed by atoms with Crippen molar-refractivity contribution in [1.29, 1.82) is 0 Å². The summed E-state index contributed by atoms with van der Waals surface area (Å²) < 4.78 is 23.3. The lowest BCUT2D eigenvalue weighted by molar-refractivity contribution is 0.602. The quantitative estimate of drug-likeness (QED) is 0.846. The summed E-state index contributed by atoms with van der Waals surface area (Å²) in [7, 11) is -3.17. The second-order valence-electron chi connectivity index (χ2n) is 3.72. The predicted octanol–water partition coefficient (Wildman–Crippen LogP) is 2.38. The molecule has 0 fully saturated rings. The van der Waals surface area contributed by atoms with Gasteiger partial charge < -0.3 is 5.73 Å². The molecule has 0 unspecified atom stereocenters. The van der Waals surface area contributed by atoms with Gasteiger partial charge in [-0.1, -0.05) is 11.8 Å². The Morgan fingerprint density at radius 1 is 1.21 bits per heavy atom. The van der Waals surface area contributed by atoms with Gasteiger partial charge in [-0.3, -0.25) is 0 Å². The third-order valence-corrected chi connectivity index (χ3v) is 5.43. The number of hydrogen-bond donors (Lipinski definition) is 1. The van der Waals surface area contributed by atoms with Crippen LogP contribution in [0, 0.1) is 0 Å². The van der Waals surface area contributed by atoms with E-state index in [1.54, 1.807) is 24.3 Å². The number of benzene rings is 1. The molecular formula is C11H10BrN3O2S2. The monoisotopic (exact) mass is 359 g/mol. The Hall–Kier alpha value is -1.12. The highest BCUT2D eigenvalue weighted by molar-refractivity contribution is 9.10. The zero-order chi connectivity index (χ0) is 14.0. The van der Waals surface area contributed by atoms with Crippen molar-refractivity contribution in [1.82, 2.24) is 9.97 Å². The van der Waals surface area contributed by atoms with Crippen LogP contribution in [0.15, 0.2) is 49.9 Å². The molecule has 0 aliphatic rings. The first-order chi connectivity index (χ1) is 8.88. The third kappa shape index (κ3) is 3.46. The van der Waals surface area contributed by atoms with Gasteiger partial charge in [0.2, 0.25) is 0 Å². The Balaban J connectivity index is 2.27. The highest BCUT2D eigenvalue weighted by atomic mass is 79.9. The molecule has 0 saturated carbocycles. The SMILES string of the molecule is CS(=O)(=O)c1ccc(Sc2ncnc(N)c2Br)cc1. The number of nitrogens with zero attached hydrogens (tertiary/aromatic N) is 2. The minimum atomic E-state index is -3.17. The first-order valence-electron chi connectivity index (χ1n) is 5.12. The summed E-state index contributed by atoms with van der Waals surface area (Å²) in [6.45, 7) is 0. The maximum atomic E-state index is 11.3. The Bertz CT molecular complexity index is 702. The molecule has 1 heterocycles. The molecule has 19 heavy (non-hydrogen) atoms. The summed E-state index contributed by atoms with van der Waals surface area (Å²) >= 11 is 4.69. The van der Waals surface area contributed by atoms with Gasteiger partial charge in [0.25, 0.3) is 0 Å². The summed E-state index contributed by atoms with van der Waals surface area (Å²) in [5.74, 6) is 0.366. The van der Waals surface area contributed by atoms with Gasteiger partial charge in [-0.15, -0.1) is 0 Å². The zero-order valence-corrected chi connectivity index (χ0v) is 13.1. The first kappa shape index (κ1) is 14.3. The van der Waals surface area contributed by atoms with Gasteiger partial charge in [0.05, 0.1) is 9.37 Å². The first-order valence-corrected chi connectivity index (χ1v) is 8.62. The number of anilines is 1. The van der Waals surface area contributed by atoms with Crippen molar-refractivity contribution in [3.8, 4) is 0 Å². The van der Waals surface area contributed by atoms with Crippen molar-refractivity contribution >= 4 is 43.3 Å². The fraction of sp³-hybridized carbons (Fsp3) is 0.0909. The Morgan fingerprint density at radius 2 is 1.84 bits per heavy atom. The Morgan fingerprint density at radius 3 is 2.42 bits per heavy atom. The van der Waals surface area contributed by atoms with Crippen LogP contribution < -0.4 is 5.73 Å². The molecule has 0 spiro atoms. The molecule has 5 nitrogen and oxygen atoms in total. The van der Waals surface area contributed by atoms with E-state index < -0.39 is 9.84 Å². The van der Waals surface area contributed by atoms with Gasteiger partial charge in [-0.2, -0.15) is 0 Å². The predicted molar refractivity (Wildman–Crippen MR) is 77.8 cm³/mol. The zero-order valence-electron chi connectivity index (χ0n) is 9.87. The van der Waals surface area contributed by atoms with E-state index in [4.69, 9.17) is 5.73 Å². The van der Waals surface area contributed by atoms with Gasteiger partial charge in [0, 0.05) is 11.2 Å². The molecule has 0 atom stereocenters. The smallest absolute Gasteiger partial charge is 0.175 e. The normalized spacial score (nSPS) is 11.5. The molecular weight excluding hydrogens is 350 g/mol. The number of rotatable bonds is 3. The van der Waals surface area contributed by atoms with Gasteiger partial charge in [-0.05, 0) is 40.2 Å². The van der Waals surface area contributed by atoms with Crippen LogP contribution in [0.2, 0.25) is 0 Å². The van der Waals surface area contributed by atoms with Crippen molar-refractivity contribution in [2.75, 3.05) is 12.0 Å². The molecule has 100 valence electrons. The highest BCUT2D eigenvalue weighted by Crippen LogP contribution is 2.33. The van der Waals surface area contributed by atoms with Crippen LogP contribution in [0.4, 0.5) is 5.82 Å². The molecule has 0 aliphatic heterocycles. The van der Waals surface area contributed by atoms with E-state index in [-0.39, 0.29) is 4.90 Å². The molecule has 2 N–H and O–H groups in total. The summed E-state index contributed by atoms with van der Waals surface area (Å²) in [6.07, 6.45) is 2.56. The Kier molecular flexibility index (Phi) is 4.12. The molecule has 0 radical (unpaired) electrons. The van der Waals surface area contributed by atoms with Crippen LogP contribution in [0.1, 0.15) is 0 Å². The van der Waals surface area contributed by atoms with Gasteiger partial charge in [-0.25, -0.2) is 18.4 Å². The van der Waals surface area contributed by atoms with Gasteiger partial charge >= 0.3 is 0 Å². The minimum absolute atomic E-state index is 0.290. The van der Waals surface area contributed by atoms with Crippen LogP contribution in [-0.4, -0.2) is 24.6 Å². The number of nitrogens with two attached hydrogens (primary N) is 1. The van der Waals surface area contributed by atoms with Crippen LogP contribution in [0.3, 0.4) is 0 Å². The van der Waals surface area contributed by atoms with Crippen molar-refractivity contribution in [2.24, 2.45) is 0 Å². The number of hydrogen-bond acceptors (Lipinski definition) is 6. The lowest BCUT2D eigenvalue weighted by atomic mass is 10.4. The van der Waals surface area contributed by atoms with E-state index >= 15 is 0 Å². The van der Waals surface area contributed by atoms with E-state index in [0.717, 1.165) is 4.90 Å². The molecule has 1 aromatic heterocycles. The maximum Gasteiger partial charge on any atom is 0.175 e. The molecule has 2 aromatic rings. The lowest BCUT2D eigenvalue weighted by Gasteiger charge is -2.05. The largest absolute Gasteiger partial charge is 0.383 e. The molecule has 8 heteroatoms. The summed E-state index contributed by atoms with van der Waals surface area (Å²) in [6, 6.07) is 6.59. The van der Waals surface area contributed by atoms with E-state index in [1.165, 1.54) is 24.3 Å². The van der Waals surface area contributed by atoms with E-state index in [2.05, 4.69) is 25.9 Å². The second-order valence-corrected chi connectivity index (χ2v) is 7.59. The number of nitrogen functional groups attached to an aromatic ring is 1. The molecule has 0 saturated heterocycles. The molecule has 2 rings (SSSR count). The molecule has 0 aliphatic carbocycles. The van der Waals surface area contributed by atoms with Crippen molar-refractivity contribution in [3.05, 3.63) is 35.1 Å². The standard InChI is InChI=1S/C11H10BrN3O2S2/c1-19(16,17)8-4-2-7(3-5-8)18-11-9(12)10(13)14-6-15-11/h2-6H,1H3,(H2,13,14,15). The molecule has 0 bridgehead atoms. The third-order valence-electron chi connectivity index (χ3n) is 2.25. The number of sulfone groups is 1. The van der Waals surface area contributed by atoms with E-state index in [0.29, 0.717) is 15.3 Å². The summed E-state index contributed by atoms with van der Waals surface area (Å²) in [4.78, 5) is 9.12. The lowest BCUT2D eigenvalue weighted by Crippen LogP contribution is -1.96. The van der Waals surface area contributed by atoms with Crippen LogP contribution in [0.25, 0.3) is 0 Å². The second kappa shape index (κ2) is 5.48. The van der Waals surface area contributed by atoms with Crippen molar-refractivity contribution in [2.45, 2.75) is 14.8 Å². The van der Waals surface area contributed by atoms with E-state index in [1.807, 2.05) is 0 Å². The topological polar surface area (TPSA) is 85.9 Å². The summed E-state index contributed by atoms with van der Waals surface area (Å²) in [5.41, 5.74) is 5.66. The maximum absolute atomic E-state index is 11.3. The minimum Gasteiger partial charge on any atom is -0.383 e. The highest BCUT2D eigenvalue weighted by Gasteiger charge is 2.10. The fourth-order valence-electron chi connectivity index (χ4n) is 1.30. The average Bonchev–Trinajstić information content (AvgIpc) is 2.35. The van der Waals surface area contributed by atoms with Crippen molar-refractivity contribution in [3.63, 3.8) is 0 Å². The van der Waals surface area contributed by atoms with Crippen LogP contribution in [0.5, 0.6) is 0 Å². The van der Waals surface area contributed by atoms with E-state index in [9.17, 15) is 8.42 Å². The molecule has 0 amide bonds. The number of halogens is 1. The summed E-state index contributed by atoms with van der Waals surface area (Å²) in [5, 5.41) is 0.680.